The summed E-state index contributed by atoms with van der Waals surface area (Å²) < 4.78 is 46.6. The summed E-state index contributed by atoms with van der Waals surface area (Å²) >= 11 is 0. The minimum absolute atomic E-state index is 0.00364. The van der Waals surface area contributed by atoms with Gasteiger partial charge in [0.15, 0.2) is 15.5 Å². The van der Waals surface area contributed by atoms with Crippen LogP contribution in [0.1, 0.15) is 49.1 Å². The van der Waals surface area contributed by atoms with E-state index in [0.717, 1.165) is 17.5 Å². The number of fused-ring (bicyclic) bond motifs is 1. The number of anilines is 1. The summed E-state index contributed by atoms with van der Waals surface area (Å²) in [5.41, 5.74) is 8.98. The number of benzene rings is 1. The number of sulfone groups is 1. The van der Waals surface area contributed by atoms with Gasteiger partial charge in [0, 0.05) is 43.5 Å². The zero-order valence-electron chi connectivity index (χ0n) is 23.6. The molecule has 13 nitrogen and oxygen atoms in total. The van der Waals surface area contributed by atoms with Crippen molar-refractivity contribution in [1.29, 1.82) is 0 Å². The predicted molar refractivity (Wildman–Crippen MR) is 153 cm³/mol. The predicted octanol–water partition coefficient (Wildman–Crippen LogP) is 3.48. The molecule has 0 unspecified atom stereocenters. The molecule has 0 aliphatic heterocycles. The average Bonchev–Trinajstić information content (AvgIpc) is 3.73. The average molecular weight is 593 g/mol. The fraction of sp³-hybridized carbons (Fsp3) is 0.393. The zero-order valence-corrected chi connectivity index (χ0v) is 24.4. The summed E-state index contributed by atoms with van der Waals surface area (Å²) in [6.45, 7) is 2.50. The lowest BCUT2D eigenvalue weighted by atomic mass is 9.77. The normalized spacial score (nSPS) is 19.5. The van der Waals surface area contributed by atoms with Gasteiger partial charge in [-0.25, -0.2) is 18.1 Å². The van der Waals surface area contributed by atoms with Gasteiger partial charge >= 0.3 is 0 Å². The summed E-state index contributed by atoms with van der Waals surface area (Å²) in [6, 6.07) is 9.73. The molecule has 14 heteroatoms. The molecule has 1 aliphatic carbocycles. The molecule has 0 radical (unpaired) electrons. The van der Waals surface area contributed by atoms with Crippen LogP contribution in [0.15, 0.2) is 58.2 Å². The molecular weight excluding hydrogens is 560 g/mol. The number of methoxy groups -OCH3 is 1. The van der Waals surface area contributed by atoms with Crippen LogP contribution in [0.25, 0.3) is 22.5 Å². The lowest BCUT2D eigenvalue weighted by Crippen LogP contribution is -2.36. The van der Waals surface area contributed by atoms with Gasteiger partial charge in [-0.15, -0.1) is 10.2 Å². The molecule has 4 aromatic heterocycles. The van der Waals surface area contributed by atoms with E-state index in [4.69, 9.17) is 24.6 Å². The first-order chi connectivity index (χ1) is 20.2. The van der Waals surface area contributed by atoms with Crippen molar-refractivity contribution in [2.24, 2.45) is 0 Å². The SMILES string of the molecule is COCCO[C@]1(c2nnc(C)o2)CC[C@@H](c2nc3c(-c4cnn(-c5ccccc5)c4)cnn3c(N)c2S(C)(=O)=O)CC1. The van der Waals surface area contributed by atoms with Crippen molar-refractivity contribution >= 4 is 21.3 Å². The number of rotatable bonds is 9. The van der Waals surface area contributed by atoms with E-state index in [-0.39, 0.29) is 16.6 Å². The summed E-state index contributed by atoms with van der Waals surface area (Å²) in [5.74, 6) is 0.680. The van der Waals surface area contributed by atoms with Crippen LogP contribution in [0.4, 0.5) is 5.82 Å². The summed E-state index contributed by atoms with van der Waals surface area (Å²) in [6.07, 6.45) is 8.56. The van der Waals surface area contributed by atoms with Crippen LogP contribution < -0.4 is 5.73 Å². The van der Waals surface area contributed by atoms with Gasteiger partial charge < -0.3 is 19.6 Å². The number of aromatic nitrogens is 7. The number of para-hydroxylation sites is 1. The molecule has 0 saturated heterocycles. The molecule has 4 heterocycles. The largest absolute Gasteiger partial charge is 0.422 e. The van der Waals surface area contributed by atoms with Crippen molar-refractivity contribution in [3.8, 4) is 16.8 Å². The van der Waals surface area contributed by atoms with Crippen molar-refractivity contribution in [2.75, 3.05) is 32.3 Å². The summed E-state index contributed by atoms with van der Waals surface area (Å²) in [4.78, 5) is 4.93. The van der Waals surface area contributed by atoms with Gasteiger partial charge in [0.1, 0.15) is 16.3 Å². The third-order valence-electron chi connectivity index (χ3n) is 7.71. The maximum atomic E-state index is 13.1. The highest BCUT2D eigenvalue weighted by Gasteiger charge is 2.44. The van der Waals surface area contributed by atoms with Crippen LogP contribution in [0.3, 0.4) is 0 Å². The van der Waals surface area contributed by atoms with Crippen molar-refractivity contribution in [2.45, 2.75) is 49.0 Å². The van der Waals surface area contributed by atoms with Gasteiger partial charge in [-0.2, -0.15) is 14.7 Å². The van der Waals surface area contributed by atoms with Crippen LogP contribution in [-0.2, 0) is 24.9 Å². The molecule has 1 saturated carbocycles. The van der Waals surface area contributed by atoms with Crippen LogP contribution in [-0.4, -0.2) is 69.6 Å². The van der Waals surface area contributed by atoms with Crippen molar-refractivity contribution in [3.63, 3.8) is 0 Å². The highest BCUT2D eigenvalue weighted by molar-refractivity contribution is 7.91. The Kier molecular flexibility index (Phi) is 7.29. The summed E-state index contributed by atoms with van der Waals surface area (Å²) in [5, 5.41) is 17.2. The minimum atomic E-state index is -3.74. The monoisotopic (exact) mass is 592 g/mol. The van der Waals surface area contributed by atoms with Gasteiger partial charge in [0.25, 0.3) is 0 Å². The van der Waals surface area contributed by atoms with Gasteiger partial charge in [-0.3, -0.25) is 0 Å². The lowest BCUT2D eigenvalue weighted by molar-refractivity contribution is -0.108. The fourth-order valence-electron chi connectivity index (χ4n) is 5.64. The van der Waals surface area contributed by atoms with Crippen LogP contribution in [0.5, 0.6) is 0 Å². The number of nitrogen functional groups attached to an aromatic ring is 1. The van der Waals surface area contributed by atoms with Crippen molar-refractivity contribution in [3.05, 3.63) is 66.4 Å². The number of ether oxygens (including phenoxy) is 2. The topological polar surface area (TPSA) is 166 Å². The number of nitrogens with two attached hydrogens (primary N) is 1. The molecule has 0 bridgehead atoms. The van der Waals surface area contributed by atoms with E-state index < -0.39 is 15.4 Å². The second-order valence-corrected chi connectivity index (χ2v) is 12.5. The first-order valence-electron chi connectivity index (χ1n) is 13.6. The Bertz CT molecular complexity index is 1820. The first-order valence-corrected chi connectivity index (χ1v) is 15.5. The van der Waals surface area contributed by atoms with Crippen LogP contribution in [0, 0.1) is 6.92 Å². The highest BCUT2D eigenvalue weighted by atomic mass is 32.2. The Hall–Kier alpha value is -4.14. The van der Waals surface area contributed by atoms with E-state index in [1.165, 1.54) is 4.52 Å². The second kappa shape index (κ2) is 10.9. The Morgan fingerprint density at radius 3 is 2.52 bits per heavy atom. The number of aryl methyl sites for hydroxylation is 1. The Labute approximate surface area is 242 Å². The van der Waals surface area contributed by atoms with Crippen LogP contribution >= 0.6 is 0 Å². The first kappa shape index (κ1) is 28.0. The molecule has 1 fully saturated rings. The maximum Gasteiger partial charge on any atom is 0.248 e. The molecule has 220 valence electrons. The van der Waals surface area contributed by atoms with E-state index in [1.807, 2.05) is 36.5 Å². The number of nitrogens with zero attached hydrogens (tertiary/aromatic N) is 7. The van der Waals surface area contributed by atoms with Gasteiger partial charge in [-0.05, 0) is 37.8 Å². The van der Waals surface area contributed by atoms with E-state index in [9.17, 15) is 8.42 Å². The standard InChI is InChI=1S/C28H32N8O5S/c1-18-33-34-27(41-18)28(40-14-13-39-2)11-9-19(10-12-28)23-24(42(3,37)38)25(29)36-26(32-23)22(16-31-36)20-15-30-35(17-20)21-7-5-4-6-8-21/h4-8,15-17,19H,9-14,29H2,1-3H3/t19-,28-. The van der Waals surface area contributed by atoms with Crippen LogP contribution in [0.2, 0.25) is 0 Å². The molecule has 2 N–H and O–H groups in total. The highest BCUT2D eigenvalue weighted by Crippen LogP contribution is 2.47. The van der Waals surface area contributed by atoms with Gasteiger partial charge in [0.2, 0.25) is 11.8 Å². The van der Waals surface area contributed by atoms with Gasteiger partial charge in [-0.1, -0.05) is 18.2 Å². The van der Waals surface area contributed by atoms with E-state index in [1.54, 1.807) is 31.1 Å². The number of hydrogen-bond donors (Lipinski definition) is 1. The smallest absolute Gasteiger partial charge is 0.248 e. The lowest BCUT2D eigenvalue weighted by Gasteiger charge is -2.37. The third kappa shape index (κ3) is 5.05. The molecule has 1 aliphatic rings. The molecule has 0 spiro atoms. The fourth-order valence-corrected chi connectivity index (χ4v) is 6.70. The Morgan fingerprint density at radius 1 is 1.10 bits per heavy atom. The van der Waals surface area contributed by atoms with Crippen molar-refractivity contribution < 1.29 is 22.3 Å². The van der Waals surface area contributed by atoms with E-state index >= 15 is 0 Å². The molecule has 42 heavy (non-hydrogen) atoms. The Morgan fingerprint density at radius 2 is 1.86 bits per heavy atom. The summed E-state index contributed by atoms with van der Waals surface area (Å²) in [7, 11) is -2.13. The Balaban J connectivity index is 1.39. The third-order valence-corrected chi connectivity index (χ3v) is 8.87. The van der Waals surface area contributed by atoms with Gasteiger partial charge in [0.05, 0.1) is 37.0 Å². The number of hydrogen-bond acceptors (Lipinski definition) is 11. The van der Waals surface area contributed by atoms with E-state index in [0.29, 0.717) is 67.6 Å². The van der Waals surface area contributed by atoms with E-state index in [2.05, 4.69) is 20.4 Å². The maximum absolute atomic E-state index is 13.1. The minimum Gasteiger partial charge on any atom is -0.422 e. The quantitative estimate of drug-likeness (QED) is 0.249. The second-order valence-electron chi connectivity index (χ2n) is 10.5. The molecule has 1 aromatic carbocycles. The molecule has 5 aromatic rings. The zero-order chi connectivity index (χ0) is 29.5. The van der Waals surface area contributed by atoms with Crippen molar-refractivity contribution in [1.82, 2.24) is 34.6 Å². The molecule has 6 rings (SSSR count). The molecule has 0 amide bonds. The molecule has 0 atom stereocenters. The molecular formula is C28H32N8O5S.